The Balaban J connectivity index is 2.12. The van der Waals surface area contributed by atoms with Gasteiger partial charge < -0.3 is 20.1 Å². The molecule has 0 aliphatic carbocycles. The maximum Gasteiger partial charge on any atom is 0.242 e. The molecule has 0 aliphatic heterocycles. The van der Waals surface area contributed by atoms with Gasteiger partial charge in [-0.25, -0.2) is 13.1 Å². The number of ether oxygens (including phenoxy) is 1. The SMILES string of the molecule is CCNS(=O)(=O)c1ccc(CCC(=O)N(Cc2ccc(OC)cc2)[C@H](C)C(=O)NCCCO)cc1. The Morgan fingerprint density at radius 1 is 1.06 bits per heavy atom. The zero-order chi connectivity index (χ0) is 25.8. The highest BCUT2D eigenvalue weighted by molar-refractivity contribution is 7.89. The van der Waals surface area contributed by atoms with E-state index in [0.29, 0.717) is 31.7 Å². The third-order valence-corrected chi connectivity index (χ3v) is 7.07. The Bertz CT molecular complexity index is 1060. The lowest BCUT2D eigenvalue weighted by atomic mass is 10.1. The lowest BCUT2D eigenvalue weighted by Crippen LogP contribution is -2.48. The highest BCUT2D eigenvalue weighted by Crippen LogP contribution is 2.17. The van der Waals surface area contributed by atoms with E-state index in [2.05, 4.69) is 10.0 Å². The molecular formula is C25H35N3O6S. The van der Waals surface area contributed by atoms with Gasteiger partial charge in [0.25, 0.3) is 0 Å². The molecule has 0 unspecified atom stereocenters. The van der Waals surface area contributed by atoms with Gasteiger partial charge in [-0.2, -0.15) is 0 Å². The largest absolute Gasteiger partial charge is 0.497 e. The van der Waals surface area contributed by atoms with Crippen LogP contribution in [-0.4, -0.2) is 63.1 Å². The number of aliphatic hydroxyl groups is 1. The van der Waals surface area contributed by atoms with Crippen molar-refractivity contribution in [2.75, 3.05) is 26.8 Å². The molecule has 0 radical (unpaired) electrons. The molecule has 0 spiro atoms. The third-order valence-electron chi connectivity index (χ3n) is 5.51. The van der Waals surface area contributed by atoms with E-state index in [-0.39, 0.29) is 36.3 Å². The molecule has 3 N–H and O–H groups in total. The number of carbonyl (C=O) groups is 2. The van der Waals surface area contributed by atoms with Crippen molar-refractivity contribution in [2.24, 2.45) is 0 Å². The first kappa shape index (κ1) is 28.3. The van der Waals surface area contributed by atoms with Crippen LogP contribution in [0.3, 0.4) is 0 Å². The molecule has 0 aliphatic rings. The molecule has 1 atom stereocenters. The summed E-state index contributed by atoms with van der Waals surface area (Å²) in [5, 5.41) is 11.7. The number of sulfonamides is 1. The first-order chi connectivity index (χ1) is 16.7. The maximum atomic E-state index is 13.2. The number of aliphatic hydroxyl groups excluding tert-OH is 1. The molecular weight excluding hydrogens is 470 g/mol. The van der Waals surface area contributed by atoms with Crippen LogP contribution in [0.25, 0.3) is 0 Å². The van der Waals surface area contributed by atoms with E-state index in [1.54, 1.807) is 45.2 Å². The van der Waals surface area contributed by atoms with Crippen LogP contribution in [0, 0.1) is 0 Å². The zero-order valence-electron chi connectivity index (χ0n) is 20.5. The van der Waals surface area contributed by atoms with Crippen molar-refractivity contribution in [3.8, 4) is 5.75 Å². The van der Waals surface area contributed by atoms with Crippen LogP contribution in [0.4, 0.5) is 0 Å². The lowest BCUT2D eigenvalue weighted by molar-refractivity contribution is -0.140. The summed E-state index contributed by atoms with van der Waals surface area (Å²) < 4.78 is 31.9. The number of carbonyl (C=O) groups excluding carboxylic acids is 2. The molecule has 0 fully saturated rings. The van der Waals surface area contributed by atoms with Crippen LogP contribution in [0.2, 0.25) is 0 Å². The summed E-state index contributed by atoms with van der Waals surface area (Å²) in [4.78, 5) is 27.5. The fourth-order valence-corrected chi connectivity index (χ4v) is 4.49. The molecule has 0 saturated heterocycles. The number of amides is 2. The Morgan fingerprint density at radius 2 is 1.69 bits per heavy atom. The van der Waals surface area contributed by atoms with E-state index in [9.17, 15) is 18.0 Å². The van der Waals surface area contributed by atoms with Gasteiger partial charge in [0.1, 0.15) is 11.8 Å². The smallest absolute Gasteiger partial charge is 0.242 e. The third kappa shape index (κ3) is 8.65. The van der Waals surface area contributed by atoms with Crippen molar-refractivity contribution >= 4 is 21.8 Å². The van der Waals surface area contributed by atoms with E-state index in [4.69, 9.17) is 9.84 Å². The topological polar surface area (TPSA) is 125 Å². The molecule has 2 aromatic rings. The minimum atomic E-state index is -3.54. The van der Waals surface area contributed by atoms with E-state index in [0.717, 1.165) is 11.1 Å². The molecule has 35 heavy (non-hydrogen) atoms. The van der Waals surface area contributed by atoms with Crippen molar-refractivity contribution in [3.05, 3.63) is 59.7 Å². The van der Waals surface area contributed by atoms with Gasteiger partial charge >= 0.3 is 0 Å². The van der Waals surface area contributed by atoms with Crippen LogP contribution < -0.4 is 14.8 Å². The predicted molar refractivity (Wildman–Crippen MR) is 133 cm³/mol. The number of hydrogen-bond acceptors (Lipinski definition) is 6. The second kappa shape index (κ2) is 13.8. The average molecular weight is 506 g/mol. The monoisotopic (exact) mass is 505 g/mol. The van der Waals surface area contributed by atoms with Gasteiger partial charge in [-0.05, 0) is 55.2 Å². The summed E-state index contributed by atoms with van der Waals surface area (Å²) >= 11 is 0. The van der Waals surface area contributed by atoms with E-state index in [1.165, 1.54) is 17.0 Å². The molecule has 0 heterocycles. The predicted octanol–water partition coefficient (Wildman–Crippen LogP) is 1.84. The average Bonchev–Trinajstić information content (AvgIpc) is 2.86. The van der Waals surface area contributed by atoms with Gasteiger partial charge in [-0.15, -0.1) is 0 Å². The van der Waals surface area contributed by atoms with Crippen LogP contribution in [-0.2, 0) is 32.6 Å². The van der Waals surface area contributed by atoms with Crippen LogP contribution in [0.1, 0.15) is 37.8 Å². The Labute approximate surface area is 207 Å². The number of rotatable bonds is 14. The second-order valence-electron chi connectivity index (χ2n) is 8.06. The number of benzene rings is 2. The molecule has 0 saturated carbocycles. The number of hydrogen-bond donors (Lipinski definition) is 3. The van der Waals surface area contributed by atoms with Crippen molar-refractivity contribution < 1.29 is 27.9 Å². The first-order valence-electron chi connectivity index (χ1n) is 11.6. The molecule has 192 valence electrons. The minimum absolute atomic E-state index is 0.0300. The Kier molecular flexibility index (Phi) is 11.2. The van der Waals surface area contributed by atoms with Crippen molar-refractivity contribution in [1.82, 2.24) is 14.9 Å². The summed E-state index contributed by atoms with van der Waals surface area (Å²) in [6.45, 7) is 4.23. The number of aryl methyl sites for hydroxylation is 1. The maximum absolute atomic E-state index is 13.2. The van der Waals surface area contributed by atoms with Gasteiger partial charge in [0.2, 0.25) is 21.8 Å². The first-order valence-corrected chi connectivity index (χ1v) is 13.1. The Hall–Kier alpha value is -2.95. The van der Waals surface area contributed by atoms with Crippen molar-refractivity contribution in [3.63, 3.8) is 0 Å². The molecule has 2 aromatic carbocycles. The summed E-state index contributed by atoms with van der Waals surface area (Å²) in [5.74, 6) is 0.203. The molecule has 9 nitrogen and oxygen atoms in total. The molecule has 0 bridgehead atoms. The fourth-order valence-electron chi connectivity index (χ4n) is 3.45. The van der Waals surface area contributed by atoms with Crippen molar-refractivity contribution in [2.45, 2.75) is 50.6 Å². The highest BCUT2D eigenvalue weighted by atomic mass is 32.2. The molecule has 2 amide bonds. The van der Waals surface area contributed by atoms with Crippen LogP contribution >= 0.6 is 0 Å². The quantitative estimate of drug-likeness (QED) is 0.337. The fraction of sp³-hybridized carbons (Fsp3) is 0.440. The summed E-state index contributed by atoms with van der Waals surface area (Å²) in [6, 6.07) is 13.0. The van der Waals surface area contributed by atoms with Gasteiger partial charge in [0.15, 0.2) is 0 Å². The van der Waals surface area contributed by atoms with Crippen molar-refractivity contribution in [1.29, 1.82) is 0 Å². The zero-order valence-corrected chi connectivity index (χ0v) is 21.3. The number of nitrogens with one attached hydrogen (secondary N) is 2. The highest BCUT2D eigenvalue weighted by Gasteiger charge is 2.26. The standard InChI is InChI=1S/C25H35N3O6S/c1-4-27-35(32,33)23-13-8-20(9-14-23)10-15-24(30)28(19(2)25(31)26-16-5-17-29)18-21-6-11-22(34-3)12-7-21/h6-9,11-14,19,27,29H,4-5,10,15-18H2,1-3H3,(H,26,31)/t19-/m1/s1. The number of nitrogens with zero attached hydrogens (tertiary/aromatic N) is 1. The Morgan fingerprint density at radius 3 is 2.26 bits per heavy atom. The molecule has 0 aromatic heterocycles. The molecule has 2 rings (SSSR count). The van der Waals surface area contributed by atoms with Gasteiger partial charge in [-0.1, -0.05) is 31.2 Å². The normalized spacial score (nSPS) is 12.1. The van der Waals surface area contributed by atoms with Crippen LogP contribution in [0.5, 0.6) is 5.75 Å². The van der Waals surface area contributed by atoms with E-state index < -0.39 is 16.1 Å². The number of methoxy groups -OCH3 is 1. The summed E-state index contributed by atoms with van der Waals surface area (Å²) in [5.41, 5.74) is 1.67. The summed E-state index contributed by atoms with van der Waals surface area (Å²) in [7, 11) is -1.96. The second-order valence-corrected chi connectivity index (χ2v) is 9.83. The van der Waals surface area contributed by atoms with E-state index in [1.807, 2.05) is 12.1 Å². The molecule has 10 heteroatoms. The van der Waals surface area contributed by atoms with Crippen LogP contribution in [0.15, 0.2) is 53.4 Å². The minimum Gasteiger partial charge on any atom is -0.497 e. The van der Waals surface area contributed by atoms with Gasteiger partial charge in [0.05, 0.1) is 12.0 Å². The lowest BCUT2D eigenvalue weighted by Gasteiger charge is -2.29. The van der Waals surface area contributed by atoms with Gasteiger partial charge in [-0.3, -0.25) is 9.59 Å². The summed E-state index contributed by atoms with van der Waals surface area (Å²) in [6.07, 6.45) is 0.992. The van der Waals surface area contributed by atoms with E-state index >= 15 is 0 Å². The van der Waals surface area contributed by atoms with Gasteiger partial charge in [0, 0.05) is 32.7 Å².